The summed E-state index contributed by atoms with van der Waals surface area (Å²) in [6.45, 7) is 17.4. The van der Waals surface area contributed by atoms with Gasteiger partial charge in [0.05, 0.1) is 0 Å². The van der Waals surface area contributed by atoms with Crippen LogP contribution < -0.4 is 10.6 Å². The van der Waals surface area contributed by atoms with Crippen molar-refractivity contribution in [3.63, 3.8) is 0 Å². The number of nitrogens with one attached hydrogen (secondary N) is 2. The molecule has 3 N–H and O–H groups in total. The second-order valence-electron chi connectivity index (χ2n) is 12.3. The second kappa shape index (κ2) is 13.7. The number of rotatable bonds is 10. The Morgan fingerprint density at radius 2 is 1.57 bits per heavy atom. The molecule has 220 valence electrons. The summed E-state index contributed by atoms with van der Waals surface area (Å²) >= 11 is 0. The highest BCUT2D eigenvalue weighted by molar-refractivity contribution is 5.93. The molecule has 0 radical (unpaired) electrons. The molecule has 0 saturated carbocycles. The van der Waals surface area contributed by atoms with E-state index in [0.29, 0.717) is 12.1 Å². The average Bonchev–Trinajstić information content (AvgIpc) is 2.83. The van der Waals surface area contributed by atoms with Gasteiger partial charge in [-0.1, -0.05) is 43.7 Å². The van der Waals surface area contributed by atoms with Crippen LogP contribution in [0.3, 0.4) is 0 Å². The summed E-state index contributed by atoms with van der Waals surface area (Å²) in [5.41, 5.74) is 1.97. The number of amides is 3. The first-order valence-corrected chi connectivity index (χ1v) is 14.0. The Kier molecular flexibility index (Phi) is 11.2. The second-order valence-corrected chi connectivity index (χ2v) is 12.3. The van der Waals surface area contributed by atoms with Gasteiger partial charge >= 0.3 is 6.09 Å². The molecule has 0 fully saturated rings. The molecule has 2 atom stereocenters. The molecule has 3 amide bonds. The van der Waals surface area contributed by atoms with Crippen LogP contribution in [-0.2, 0) is 20.7 Å². The van der Waals surface area contributed by atoms with Gasteiger partial charge in [-0.3, -0.25) is 9.59 Å². The molecule has 0 bridgehead atoms. The Hall–Kier alpha value is -3.55. The van der Waals surface area contributed by atoms with Crippen LogP contribution in [0.1, 0.15) is 89.6 Å². The van der Waals surface area contributed by atoms with Gasteiger partial charge in [0.25, 0.3) is 0 Å². The van der Waals surface area contributed by atoms with Crippen molar-refractivity contribution in [2.24, 2.45) is 0 Å². The topological polar surface area (TPSA) is 108 Å². The smallest absolute Gasteiger partial charge is 0.408 e. The first-order valence-electron chi connectivity index (χ1n) is 14.0. The summed E-state index contributed by atoms with van der Waals surface area (Å²) in [5.74, 6) is -0.595. The van der Waals surface area contributed by atoms with E-state index in [1.54, 1.807) is 37.8 Å². The molecule has 0 saturated heterocycles. The lowest BCUT2D eigenvalue weighted by atomic mass is 9.92. The Morgan fingerprint density at radius 1 is 0.950 bits per heavy atom. The molecular formula is C32H47N3O5. The first-order chi connectivity index (χ1) is 18.5. The third kappa shape index (κ3) is 9.57. The van der Waals surface area contributed by atoms with Crippen LogP contribution in [-0.4, -0.2) is 51.6 Å². The maximum atomic E-state index is 14.5. The van der Waals surface area contributed by atoms with Crippen molar-refractivity contribution >= 4 is 17.9 Å². The van der Waals surface area contributed by atoms with Crippen molar-refractivity contribution in [3.8, 4) is 5.75 Å². The summed E-state index contributed by atoms with van der Waals surface area (Å²) in [6.07, 6.45) is 1.15. The van der Waals surface area contributed by atoms with Gasteiger partial charge in [-0.05, 0) is 96.2 Å². The number of nitrogens with zero attached hydrogens (tertiary/aromatic N) is 1. The van der Waals surface area contributed by atoms with Crippen molar-refractivity contribution in [2.75, 3.05) is 6.54 Å². The predicted octanol–water partition coefficient (Wildman–Crippen LogP) is 5.73. The maximum Gasteiger partial charge on any atom is 0.408 e. The summed E-state index contributed by atoms with van der Waals surface area (Å²) in [4.78, 5) is 42.7. The number of phenolic OH excluding ortho intramolecular Hbond substituents is 1. The molecule has 0 aliphatic rings. The highest BCUT2D eigenvalue weighted by Gasteiger charge is 2.42. The molecule has 0 heterocycles. The SMILES string of the molecule is CCCCNC(=O)C(c1ccc(C)c(C)c1)N(C(=O)C(Cc1ccc(O)cc1)NC(=O)OC(C)(C)C)C(C)(C)C. The third-order valence-electron chi connectivity index (χ3n) is 6.51. The molecule has 2 aromatic carbocycles. The van der Waals surface area contributed by atoms with Crippen LogP contribution in [0.2, 0.25) is 0 Å². The summed E-state index contributed by atoms with van der Waals surface area (Å²) in [7, 11) is 0. The number of carbonyl (C=O) groups excluding carboxylic acids is 3. The molecule has 8 heteroatoms. The maximum absolute atomic E-state index is 14.5. The molecule has 8 nitrogen and oxygen atoms in total. The van der Waals surface area contributed by atoms with Gasteiger partial charge in [0.15, 0.2) is 0 Å². The fraction of sp³-hybridized carbons (Fsp3) is 0.531. The molecule has 2 unspecified atom stereocenters. The van der Waals surface area contributed by atoms with Gasteiger partial charge in [0.2, 0.25) is 11.8 Å². The van der Waals surface area contributed by atoms with Gasteiger partial charge in [0.1, 0.15) is 23.4 Å². The van der Waals surface area contributed by atoms with Crippen LogP contribution in [0, 0.1) is 13.8 Å². The minimum Gasteiger partial charge on any atom is -0.508 e. The fourth-order valence-electron chi connectivity index (χ4n) is 4.37. The average molecular weight is 554 g/mol. The minimum absolute atomic E-state index is 0.0987. The van der Waals surface area contributed by atoms with Crippen molar-refractivity contribution in [1.82, 2.24) is 15.5 Å². The van der Waals surface area contributed by atoms with E-state index in [4.69, 9.17) is 4.74 Å². The van der Waals surface area contributed by atoms with Crippen molar-refractivity contribution in [2.45, 2.75) is 105 Å². The zero-order valence-corrected chi connectivity index (χ0v) is 25.6. The quantitative estimate of drug-likeness (QED) is 0.326. The fourth-order valence-corrected chi connectivity index (χ4v) is 4.37. The number of hydrogen-bond donors (Lipinski definition) is 3. The van der Waals surface area contributed by atoms with Crippen LogP contribution in [0.25, 0.3) is 0 Å². The minimum atomic E-state index is -1.03. The van der Waals surface area contributed by atoms with E-state index in [1.807, 2.05) is 59.7 Å². The molecule has 2 rings (SSSR count). The van der Waals surface area contributed by atoms with Gasteiger partial charge in [-0.25, -0.2) is 4.79 Å². The van der Waals surface area contributed by atoms with E-state index in [0.717, 1.165) is 29.5 Å². The van der Waals surface area contributed by atoms with E-state index >= 15 is 0 Å². The Balaban J connectivity index is 2.61. The van der Waals surface area contributed by atoms with E-state index in [-0.39, 0.29) is 18.1 Å². The lowest BCUT2D eigenvalue weighted by Gasteiger charge is -2.43. The molecular weight excluding hydrogens is 506 g/mol. The van der Waals surface area contributed by atoms with Crippen molar-refractivity contribution in [3.05, 3.63) is 64.7 Å². The predicted molar refractivity (Wildman–Crippen MR) is 158 cm³/mol. The number of alkyl carbamates (subject to hydrolysis) is 1. The Morgan fingerprint density at radius 3 is 2.10 bits per heavy atom. The zero-order chi connectivity index (χ0) is 30.3. The Bertz CT molecular complexity index is 1160. The summed E-state index contributed by atoms with van der Waals surface area (Å²) in [5, 5.41) is 15.5. The summed E-state index contributed by atoms with van der Waals surface area (Å²) in [6, 6.07) is 10.3. The third-order valence-corrected chi connectivity index (χ3v) is 6.51. The molecule has 2 aromatic rings. The molecule has 0 spiro atoms. The number of ether oxygens (including phenoxy) is 1. The molecule has 0 aliphatic carbocycles. The van der Waals surface area contributed by atoms with Crippen LogP contribution >= 0.6 is 0 Å². The number of benzene rings is 2. The zero-order valence-electron chi connectivity index (χ0n) is 25.6. The van der Waals surface area contributed by atoms with Crippen LogP contribution in [0.15, 0.2) is 42.5 Å². The van der Waals surface area contributed by atoms with E-state index in [2.05, 4.69) is 10.6 Å². The standard InChI is InChI=1S/C32H47N3O5/c1-10-11-18-33-28(37)27(24-15-12-21(2)22(3)19-24)35(31(4,5)6)29(38)26(34-30(39)40-32(7,8)9)20-23-13-16-25(36)17-14-23/h12-17,19,26-27,36H,10-11,18,20H2,1-9H3,(H,33,37)(H,34,39). The van der Waals surface area contributed by atoms with Crippen LogP contribution in [0.5, 0.6) is 5.75 Å². The monoisotopic (exact) mass is 553 g/mol. The van der Waals surface area contributed by atoms with Gasteiger partial charge in [-0.15, -0.1) is 0 Å². The van der Waals surface area contributed by atoms with E-state index in [9.17, 15) is 19.5 Å². The number of aryl methyl sites for hydroxylation is 2. The lowest BCUT2D eigenvalue weighted by Crippen LogP contribution is -2.59. The number of phenols is 1. The molecule has 0 aromatic heterocycles. The number of carbonyl (C=O) groups is 3. The Labute approximate surface area is 239 Å². The van der Waals surface area contributed by atoms with Gasteiger partial charge in [0, 0.05) is 18.5 Å². The normalized spacial score (nSPS) is 13.2. The van der Waals surface area contributed by atoms with Crippen molar-refractivity contribution < 1.29 is 24.2 Å². The number of unbranched alkanes of at least 4 members (excludes halogenated alkanes) is 1. The van der Waals surface area contributed by atoms with Crippen molar-refractivity contribution in [1.29, 1.82) is 0 Å². The first kappa shape index (κ1) is 32.7. The van der Waals surface area contributed by atoms with E-state index in [1.165, 1.54) is 12.1 Å². The highest BCUT2D eigenvalue weighted by Crippen LogP contribution is 2.31. The lowest BCUT2D eigenvalue weighted by molar-refractivity contribution is -0.148. The number of aromatic hydroxyl groups is 1. The van der Waals surface area contributed by atoms with E-state index < -0.39 is 35.2 Å². The van der Waals surface area contributed by atoms with Gasteiger partial charge < -0.3 is 25.4 Å². The summed E-state index contributed by atoms with van der Waals surface area (Å²) < 4.78 is 5.49. The largest absolute Gasteiger partial charge is 0.508 e. The van der Waals surface area contributed by atoms with Gasteiger partial charge in [-0.2, -0.15) is 0 Å². The molecule has 40 heavy (non-hydrogen) atoms. The molecule has 0 aliphatic heterocycles. The van der Waals surface area contributed by atoms with Crippen LogP contribution in [0.4, 0.5) is 4.79 Å². The highest BCUT2D eigenvalue weighted by atomic mass is 16.6. The number of hydrogen-bond acceptors (Lipinski definition) is 5.